The number of carbonyl (C=O) groups is 1. The minimum absolute atomic E-state index is 0.199. The molecule has 0 spiro atoms. The molecule has 2 fully saturated rings. The molecule has 178 valence electrons. The number of hydrogen-bond acceptors (Lipinski definition) is 8. The molecular formula is C24H30N8O2. The van der Waals surface area contributed by atoms with E-state index in [0.717, 1.165) is 50.4 Å². The first kappa shape index (κ1) is 22.1. The molecule has 10 heteroatoms. The molecule has 1 saturated heterocycles. The molecule has 2 aromatic heterocycles. The van der Waals surface area contributed by atoms with Gasteiger partial charge < -0.3 is 25.6 Å². The predicted molar refractivity (Wildman–Crippen MR) is 131 cm³/mol. The third kappa shape index (κ3) is 5.45. The quantitative estimate of drug-likeness (QED) is 0.422. The number of aromatic nitrogens is 4. The average molecular weight is 463 g/mol. The largest absolute Gasteiger partial charge is 0.474 e. The molecule has 1 saturated carbocycles. The molecule has 3 aromatic rings. The highest BCUT2D eigenvalue weighted by Crippen LogP contribution is 2.25. The number of amides is 1. The first-order valence-electron chi connectivity index (χ1n) is 11.9. The maximum atomic E-state index is 12.9. The molecule has 5 rings (SSSR count). The van der Waals surface area contributed by atoms with Crippen LogP contribution in [0.1, 0.15) is 42.6 Å². The Morgan fingerprint density at radius 3 is 2.65 bits per heavy atom. The van der Waals surface area contributed by atoms with E-state index in [1.807, 2.05) is 24.3 Å². The van der Waals surface area contributed by atoms with Crippen LogP contribution < -0.4 is 25.6 Å². The highest BCUT2D eigenvalue weighted by atomic mass is 16.5. The van der Waals surface area contributed by atoms with Crippen molar-refractivity contribution < 1.29 is 9.53 Å². The molecule has 0 bridgehead atoms. The number of H-pyrrole nitrogens is 1. The van der Waals surface area contributed by atoms with Crippen LogP contribution >= 0.6 is 0 Å². The van der Waals surface area contributed by atoms with Crippen molar-refractivity contribution in [1.29, 1.82) is 0 Å². The van der Waals surface area contributed by atoms with Gasteiger partial charge in [0, 0.05) is 43.6 Å². The molecule has 1 aliphatic heterocycles. The third-order valence-electron chi connectivity index (χ3n) is 6.22. The summed E-state index contributed by atoms with van der Waals surface area (Å²) in [5.74, 6) is 0.780. The molecule has 0 radical (unpaired) electrons. The van der Waals surface area contributed by atoms with Crippen molar-refractivity contribution in [3.05, 3.63) is 48.5 Å². The summed E-state index contributed by atoms with van der Waals surface area (Å²) in [6, 6.07) is 9.64. The van der Waals surface area contributed by atoms with Crippen LogP contribution in [0.5, 0.6) is 5.88 Å². The van der Waals surface area contributed by atoms with Gasteiger partial charge in [0.2, 0.25) is 5.88 Å². The summed E-state index contributed by atoms with van der Waals surface area (Å²) in [4.78, 5) is 23.7. The Kier molecular flexibility index (Phi) is 6.85. The molecule has 1 amide bonds. The summed E-state index contributed by atoms with van der Waals surface area (Å²) in [5, 5.41) is 16.2. The van der Waals surface area contributed by atoms with Gasteiger partial charge in [0.05, 0.1) is 11.9 Å². The van der Waals surface area contributed by atoms with Crippen LogP contribution in [-0.4, -0.2) is 58.4 Å². The molecule has 0 unspecified atom stereocenters. The van der Waals surface area contributed by atoms with Crippen molar-refractivity contribution in [2.45, 2.75) is 38.2 Å². The fourth-order valence-electron chi connectivity index (χ4n) is 4.39. The highest BCUT2D eigenvalue weighted by Gasteiger charge is 2.18. The van der Waals surface area contributed by atoms with Crippen LogP contribution in [0.2, 0.25) is 0 Å². The number of nitrogens with zero attached hydrogens (tertiary/aromatic N) is 4. The number of aromatic amines is 1. The molecule has 2 aliphatic rings. The Morgan fingerprint density at radius 2 is 1.85 bits per heavy atom. The van der Waals surface area contributed by atoms with Crippen LogP contribution in [0.4, 0.5) is 22.9 Å². The molecule has 1 aliphatic carbocycles. The van der Waals surface area contributed by atoms with E-state index in [1.165, 1.54) is 25.6 Å². The first-order chi connectivity index (χ1) is 16.7. The maximum Gasteiger partial charge on any atom is 0.275 e. The lowest BCUT2D eigenvalue weighted by Crippen LogP contribution is -2.43. The lowest BCUT2D eigenvalue weighted by molar-refractivity contribution is 0.102. The molecule has 4 N–H and O–H groups in total. The normalized spacial score (nSPS) is 16.8. The second kappa shape index (κ2) is 10.5. The van der Waals surface area contributed by atoms with E-state index >= 15 is 0 Å². The van der Waals surface area contributed by atoms with E-state index in [1.54, 1.807) is 12.3 Å². The van der Waals surface area contributed by atoms with Gasteiger partial charge in [-0.15, -0.1) is 0 Å². The van der Waals surface area contributed by atoms with E-state index < -0.39 is 0 Å². The molecule has 0 atom stereocenters. The van der Waals surface area contributed by atoms with E-state index in [-0.39, 0.29) is 12.0 Å². The average Bonchev–Trinajstić information content (AvgIpc) is 3.34. The third-order valence-corrected chi connectivity index (χ3v) is 6.22. The molecule has 10 nitrogen and oxygen atoms in total. The Morgan fingerprint density at radius 1 is 1.06 bits per heavy atom. The summed E-state index contributed by atoms with van der Waals surface area (Å²) < 4.78 is 6.02. The smallest absolute Gasteiger partial charge is 0.275 e. The van der Waals surface area contributed by atoms with Crippen LogP contribution in [0.3, 0.4) is 0 Å². The Bertz CT molecular complexity index is 1090. The summed E-state index contributed by atoms with van der Waals surface area (Å²) in [5.41, 5.74) is 2.71. The number of nitrogens with one attached hydrogen (secondary N) is 4. The van der Waals surface area contributed by atoms with E-state index in [4.69, 9.17) is 4.74 Å². The van der Waals surface area contributed by atoms with Gasteiger partial charge in [0.1, 0.15) is 23.9 Å². The van der Waals surface area contributed by atoms with Crippen LogP contribution in [0, 0.1) is 0 Å². The van der Waals surface area contributed by atoms with Gasteiger partial charge in [0.15, 0.2) is 0 Å². The number of piperazine rings is 1. The van der Waals surface area contributed by atoms with E-state index in [2.05, 4.69) is 41.0 Å². The van der Waals surface area contributed by atoms with Crippen molar-refractivity contribution in [1.82, 2.24) is 25.5 Å². The van der Waals surface area contributed by atoms with Crippen molar-refractivity contribution in [3.63, 3.8) is 0 Å². The van der Waals surface area contributed by atoms with Crippen LogP contribution in [0.15, 0.2) is 42.9 Å². The molecule has 34 heavy (non-hydrogen) atoms. The van der Waals surface area contributed by atoms with Gasteiger partial charge in [-0.3, -0.25) is 9.89 Å². The van der Waals surface area contributed by atoms with Gasteiger partial charge in [-0.2, -0.15) is 5.10 Å². The first-order valence-corrected chi connectivity index (χ1v) is 11.9. The molecule has 1 aromatic carbocycles. The number of ether oxygens (including phenoxy) is 1. The summed E-state index contributed by atoms with van der Waals surface area (Å²) in [6.45, 7) is 3.92. The lowest BCUT2D eigenvalue weighted by atomic mass is 9.98. The van der Waals surface area contributed by atoms with Gasteiger partial charge in [-0.25, -0.2) is 9.97 Å². The van der Waals surface area contributed by atoms with Crippen molar-refractivity contribution in [2.75, 3.05) is 41.7 Å². The van der Waals surface area contributed by atoms with E-state index in [9.17, 15) is 4.79 Å². The molecular weight excluding hydrogens is 432 g/mol. The fourth-order valence-corrected chi connectivity index (χ4v) is 4.39. The zero-order valence-electron chi connectivity index (χ0n) is 19.1. The van der Waals surface area contributed by atoms with Gasteiger partial charge in [0.25, 0.3) is 5.91 Å². The Balaban J connectivity index is 1.22. The van der Waals surface area contributed by atoms with Crippen molar-refractivity contribution >= 4 is 28.8 Å². The predicted octanol–water partition coefficient (Wildman–Crippen LogP) is 3.32. The minimum Gasteiger partial charge on any atom is -0.474 e. The minimum atomic E-state index is -0.289. The fraction of sp³-hybridized carbons (Fsp3) is 0.417. The second-order valence-corrected chi connectivity index (χ2v) is 8.64. The topological polar surface area (TPSA) is 120 Å². The summed E-state index contributed by atoms with van der Waals surface area (Å²) >= 11 is 0. The second-order valence-electron chi connectivity index (χ2n) is 8.64. The van der Waals surface area contributed by atoms with E-state index in [0.29, 0.717) is 23.1 Å². The standard InChI is InChI=1S/C24H30N8O2/c33-24(29-17-6-8-18(9-7-17)32-12-10-25-11-13-32)23-20(15-28-31-23)30-21-14-22(27-16-26-21)34-19-4-2-1-3-5-19/h6-9,14-16,19,25H,1-5,10-13H2,(H,28,31)(H,29,33)(H,26,27,30). The number of hydrogen-bond donors (Lipinski definition) is 4. The van der Waals surface area contributed by atoms with Crippen LogP contribution in [-0.2, 0) is 0 Å². The van der Waals surface area contributed by atoms with Crippen molar-refractivity contribution in [2.24, 2.45) is 0 Å². The lowest BCUT2D eigenvalue weighted by Gasteiger charge is -2.29. The zero-order valence-corrected chi connectivity index (χ0v) is 19.1. The zero-order chi connectivity index (χ0) is 23.2. The number of anilines is 4. The van der Waals surface area contributed by atoms with Gasteiger partial charge >= 0.3 is 0 Å². The SMILES string of the molecule is O=C(Nc1ccc(N2CCNCC2)cc1)c1[nH]ncc1Nc1cc(OC2CCCCC2)ncn1. The number of benzene rings is 1. The van der Waals surface area contributed by atoms with Gasteiger partial charge in [-0.05, 0) is 49.9 Å². The van der Waals surface area contributed by atoms with Gasteiger partial charge in [-0.1, -0.05) is 6.42 Å². The Hall–Kier alpha value is -3.66. The maximum absolute atomic E-state index is 12.9. The Labute approximate surface area is 198 Å². The number of carbonyl (C=O) groups excluding carboxylic acids is 1. The molecule has 3 heterocycles. The highest BCUT2D eigenvalue weighted by molar-refractivity contribution is 6.06. The summed E-state index contributed by atoms with van der Waals surface area (Å²) in [7, 11) is 0. The van der Waals surface area contributed by atoms with Crippen molar-refractivity contribution in [3.8, 4) is 5.88 Å². The monoisotopic (exact) mass is 462 g/mol. The summed E-state index contributed by atoms with van der Waals surface area (Å²) in [6.07, 6.45) is 8.96. The van der Waals surface area contributed by atoms with Crippen LogP contribution in [0.25, 0.3) is 0 Å². The number of rotatable bonds is 7.